The van der Waals surface area contributed by atoms with Gasteiger partial charge in [-0.15, -0.1) is 0 Å². The molecule has 14 heteroatoms. The van der Waals surface area contributed by atoms with Crippen molar-refractivity contribution < 1.29 is 36.6 Å². The van der Waals surface area contributed by atoms with Crippen LogP contribution < -0.4 is 9.84 Å². The highest BCUT2D eigenvalue weighted by Crippen LogP contribution is 2.38. The van der Waals surface area contributed by atoms with Crippen molar-refractivity contribution in [3.05, 3.63) is 83.9 Å². The molecule has 9 nitrogen and oxygen atoms in total. The highest BCUT2D eigenvalue weighted by molar-refractivity contribution is 5.74. The molecule has 210 valence electrons. The molecule has 0 bridgehead atoms. The van der Waals surface area contributed by atoms with E-state index in [2.05, 4.69) is 25.0 Å². The van der Waals surface area contributed by atoms with Gasteiger partial charge in [0, 0.05) is 23.5 Å². The van der Waals surface area contributed by atoms with E-state index in [1.54, 1.807) is 0 Å². The number of imidazole rings is 1. The number of benzene rings is 2. The summed E-state index contributed by atoms with van der Waals surface area (Å²) in [6, 6.07) is 5.30. The number of hydrogen-bond donors (Lipinski definition) is 0. The number of alkyl halides is 3. The fourth-order valence-corrected chi connectivity index (χ4v) is 4.05. The molecule has 5 rings (SSSR count). The summed E-state index contributed by atoms with van der Waals surface area (Å²) in [5, 5.41) is 16.1. The molecule has 0 aliphatic carbocycles. The number of ether oxygens (including phenoxy) is 1. The number of fused-ring (bicyclic) bond motifs is 1. The van der Waals surface area contributed by atoms with E-state index in [9.17, 15) is 31.9 Å². The standard InChI is InChI=1S/C27H19F5N6O3/c1-2-8-41-15-6-7-16(18(9-15)27(30,31)32)24-33-10-14(11-34-24)23(26(39)40)38-13-21-20(12-35-38)36-25(37-21)17-4-3-5-19(28)22(17)29/h3-7,9-13,23H,2,8H2,1H3,(H,39,40)/p-1. The van der Waals surface area contributed by atoms with Gasteiger partial charge in [0.2, 0.25) is 0 Å². The Labute approximate surface area is 228 Å². The van der Waals surface area contributed by atoms with Crippen LogP contribution in [-0.2, 0) is 11.0 Å². The largest absolute Gasteiger partial charge is 0.547 e. The second-order valence-corrected chi connectivity index (χ2v) is 8.79. The van der Waals surface area contributed by atoms with E-state index in [1.165, 1.54) is 36.7 Å². The third-order valence-electron chi connectivity index (χ3n) is 5.96. The fourth-order valence-electron chi connectivity index (χ4n) is 4.05. The van der Waals surface area contributed by atoms with Crippen molar-refractivity contribution in [3.63, 3.8) is 0 Å². The van der Waals surface area contributed by atoms with E-state index in [-0.39, 0.29) is 52.1 Å². The van der Waals surface area contributed by atoms with Crippen molar-refractivity contribution in [3.8, 4) is 39.9 Å². The molecule has 1 atom stereocenters. The number of carboxylic acids is 1. The molecule has 0 saturated heterocycles. The molecule has 0 radical (unpaired) electrons. The van der Waals surface area contributed by atoms with Crippen LogP contribution in [0.5, 0.6) is 5.75 Å². The SMILES string of the molecule is CCCOc1ccc(-c2ncc(C(C(=O)[O-])n3cc4nc(-c5cccc(F)c5F)nc-4cn3)cn2)c(C(F)(F)F)c1. The zero-order chi connectivity index (χ0) is 29.3. The third kappa shape index (κ3) is 5.53. The highest BCUT2D eigenvalue weighted by atomic mass is 19.4. The Balaban J connectivity index is 1.49. The van der Waals surface area contributed by atoms with Crippen molar-refractivity contribution >= 4 is 5.97 Å². The summed E-state index contributed by atoms with van der Waals surface area (Å²) in [4.78, 5) is 28.3. The van der Waals surface area contributed by atoms with Gasteiger partial charge in [-0.25, -0.2) is 28.7 Å². The van der Waals surface area contributed by atoms with Crippen LogP contribution >= 0.6 is 0 Å². The zero-order valence-electron chi connectivity index (χ0n) is 21.1. The van der Waals surface area contributed by atoms with Gasteiger partial charge in [0.15, 0.2) is 23.3 Å². The van der Waals surface area contributed by atoms with Gasteiger partial charge in [-0.1, -0.05) is 13.0 Å². The first-order valence-corrected chi connectivity index (χ1v) is 12.1. The Morgan fingerprint density at radius 2 is 1.73 bits per heavy atom. The van der Waals surface area contributed by atoms with Crippen LogP contribution in [0, 0.1) is 11.6 Å². The average molecular weight is 569 g/mol. The Bertz CT molecular complexity index is 1690. The molecule has 2 aromatic carbocycles. The van der Waals surface area contributed by atoms with Crippen molar-refractivity contribution in [2.24, 2.45) is 0 Å². The lowest BCUT2D eigenvalue weighted by Gasteiger charge is -2.21. The maximum Gasteiger partial charge on any atom is 0.417 e. The number of rotatable bonds is 8. The lowest BCUT2D eigenvalue weighted by atomic mass is 10.1. The van der Waals surface area contributed by atoms with Gasteiger partial charge in [0.05, 0.1) is 36.1 Å². The van der Waals surface area contributed by atoms with Crippen molar-refractivity contribution in [2.45, 2.75) is 25.6 Å². The second kappa shape index (κ2) is 10.9. The van der Waals surface area contributed by atoms with E-state index in [0.717, 1.165) is 29.2 Å². The van der Waals surface area contributed by atoms with Gasteiger partial charge in [-0.05, 0) is 36.8 Å². The van der Waals surface area contributed by atoms with Crippen molar-refractivity contribution in [1.29, 1.82) is 0 Å². The molecule has 1 unspecified atom stereocenters. The molecular formula is C27H18F5N6O3-. The van der Waals surface area contributed by atoms with Gasteiger partial charge in [-0.2, -0.15) is 18.3 Å². The summed E-state index contributed by atoms with van der Waals surface area (Å²) in [6.45, 7) is 2.06. The number of aliphatic carboxylic acids is 1. The smallest absolute Gasteiger partial charge is 0.417 e. The molecular weight excluding hydrogens is 551 g/mol. The van der Waals surface area contributed by atoms with Crippen molar-refractivity contribution in [2.75, 3.05) is 6.61 Å². The topological polar surface area (TPSA) is 119 Å². The number of hydrogen-bond acceptors (Lipinski definition) is 8. The first kappa shape index (κ1) is 27.6. The average Bonchev–Trinajstić information content (AvgIpc) is 3.36. The number of aromatic nitrogens is 6. The predicted octanol–water partition coefficient (Wildman–Crippen LogP) is 4.33. The van der Waals surface area contributed by atoms with E-state index >= 15 is 0 Å². The van der Waals surface area contributed by atoms with Gasteiger partial charge < -0.3 is 14.6 Å². The molecule has 3 heterocycles. The van der Waals surface area contributed by atoms with Crippen LogP contribution in [0.15, 0.2) is 61.2 Å². The lowest BCUT2D eigenvalue weighted by molar-refractivity contribution is -0.309. The molecule has 3 aromatic rings. The van der Waals surface area contributed by atoms with Crippen LogP contribution in [0.25, 0.3) is 34.2 Å². The number of carbonyl (C=O) groups excluding carboxylic acids is 1. The monoisotopic (exact) mass is 569 g/mol. The fraction of sp³-hybridized carbons (Fsp3) is 0.185. The van der Waals surface area contributed by atoms with Crippen molar-refractivity contribution in [1.82, 2.24) is 29.7 Å². The van der Waals surface area contributed by atoms with Gasteiger partial charge in [0.1, 0.15) is 23.2 Å². The molecule has 41 heavy (non-hydrogen) atoms. The third-order valence-corrected chi connectivity index (χ3v) is 5.96. The highest BCUT2D eigenvalue weighted by Gasteiger charge is 2.35. The quantitative estimate of drug-likeness (QED) is 0.254. The number of carboxylic acid groups (broad SMARTS) is 1. The lowest BCUT2D eigenvalue weighted by Crippen LogP contribution is -2.35. The second-order valence-electron chi connectivity index (χ2n) is 8.79. The summed E-state index contributed by atoms with van der Waals surface area (Å²) in [5.74, 6) is -4.26. The molecule has 0 amide bonds. The minimum absolute atomic E-state index is 0.0355. The van der Waals surface area contributed by atoms with Gasteiger partial charge >= 0.3 is 6.18 Å². The molecule has 2 aliphatic heterocycles. The minimum atomic E-state index is -4.74. The first-order valence-electron chi connectivity index (χ1n) is 12.1. The Kier molecular flexibility index (Phi) is 7.30. The molecule has 1 aromatic heterocycles. The van der Waals surface area contributed by atoms with Crippen LogP contribution in [0.4, 0.5) is 22.0 Å². The van der Waals surface area contributed by atoms with Gasteiger partial charge in [0.25, 0.3) is 0 Å². The van der Waals surface area contributed by atoms with Gasteiger partial charge in [-0.3, -0.25) is 4.68 Å². The summed E-state index contributed by atoms with van der Waals surface area (Å²) >= 11 is 0. The Hall–Kier alpha value is -5.01. The summed E-state index contributed by atoms with van der Waals surface area (Å²) in [7, 11) is 0. The Morgan fingerprint density at radius 1 is 1.00 bits per heavy atom. The van der Waals surface area contributed by atoms with E-state index < -0.39 is 35.4 Å². The number of carbonyl (C=O) groups is 1. The Morgan fingerprint density at radius 3 is 2.41 bits per heavy atom. The summed E-state index contributed by atoms with van der Waals surface area (Å²) in [6.07, 6.45) is 0.346. The van der Waals surface area contributed by atoms with Crippen LogP contribution in [0.2, 0.25) is 0 Å². The summed E-state index contributed by atoms with van der Waals surface area (Å²) < 4.78 is 75.5. The van der Waals surface area contributed by atoms with Crippen LogP contribution in [-0.4, -0.2) is 42.3 Å². The predicted molar refractivity (Wildman–Crippen MR) is 131 cm³/mol. The zero-order valence-corrected chi connectivity index (χ0v) is 21.1. The molecule has 0 saturated carbocycles. The maximum atomic E-state index is 14.2. The van der Waals surface area contributed by atoms with Crippen LogP contribution in [0.1, 0.15) is 30.5 Å². The minimum Gasteiger partial charge on any atom is -0.547 e. The number of nitrogens with zero attached hydrogens (tertiary/aromatic N) is 6. The maximum absolute atomic E-state index is 14.2. The van der Waals surface area contributed by atoms with Crippen LogP contribution in [0.3, 0.4) is 0 Å². The summed E-state index contributed by atoms with van der Waals surface area (Å²) in [5.41, 5.74) is -1.31. The molecule has 0 N–H and O–H groups in total. The molecule has 2 aliphatic rings. The molecule has 0 spiro atoms. The molecule has 0 fully saturated rings. The number of halogens is 5. The van der Waals surface area contributed by atoms with E-state index in [4.69, 9.17) is 4.74 Å². The van der Waals surface area contributed by atoms with E-state index in [0.29, 0.717) is 6.42 Å². The van der Waals surface area contributed by atoms with E-state index in [1.807, 2.05) is 6.92 Å². The normalized spacial score (nSPS) is 12.4. The first-order chi connectivity index (χ1) is 19.6.